The molecule has 0 unspecified atom stereocenters. The highest BCUT2D eigenvalue weighted by Gasteiger charge is 2.32. The topological polar surface area (TPSA) is 79.3 Å². The maximum atomic E-state index is 13.4. The number of carboxylic acids is 1. The third-order valence-corrected chi connectivity index (χ3v) is 7.04. The lowest BCUT2D eigenvalue weighted by Crippen LogP contribution is -2.38. The third kappa shape index (κ3) is 6.66. The monoisotopic (exact) mass is 516 g/mol. The van der Waals surface area contributed by atoms with E-state index in [1.54, 1.807) is 18.2 Å². The third-order valence-electron chi connectivity index (χ3n) is 5.67. The van der Waals surface area contributed by atoms with E-state index < -0.39 is 5.97 Å². The Kier molecular flexibility index (Phi) is 8.50. The minimum atomic E-state index is -0.994. The Balaban J connectivity index is 1.58. The predicted molar refractivity (Wildman–Crippen MR) is 137 cm³/mol. The fourth-order valence-electron chi connectivity index (χ4n) is 3.77. The van der Waals surface area contributed by atoms with Gasteiger partial charge in [0.2, 0.25) is 0 Å². The van der Waals surface area contributed by atoms with Crippen molar-refractivity contribution in [2.24, 2.45) is 0 Å². The Morgan fingerprint density at radius 1 is 1.14 bits per heavy atom. The number of thioether (sulfide) groups is 1. The molecule has 0 radical (unpaired) electrons. The molecular formula is C25H25FN2O5S2. The molecule has 2 aliphatic heterocycles. The Morgan fingerprint density at radius 3 is 2.57 bits per heavy atom. The molecule has 7 nitrogen and oxygen atoms in total. The van der Waals surface area contributed by atoms with Crippen LogP contribution in [0, 0.1) is 5.82 Å². The van der Waals surface area contributed by atoms with Crippen molar-refractivity contribution < 1.29 is 28.6 Å². The minimum absolute atomic E-state index is 0.0237. The molecule has 2 heterocycles. The Hall–Kier alpha value is -2.79. The summed E-state index contributed by atoms with van der Waals surface area (Å²) in [6.45, 7) is 4.38. The van der Waals surface area contributed by atoms with Crippen LogP contribution in [0.5, 0.6) is 5.75 Å². The van der Waals surface area contributed by atoms with Crippen molar-refractivity contribution in [3.8, 4) is 16.9 Å². The number of hydrogen-bond acceptors (Lipinski definition) is 7. The van der Waals surface area contributed by atoms with Gasteiger partial charge in [-0.15, -0.1) is 0 Å². The maximum Gasteiger partial charge on any atom is 0.305 e. The van der Waals surface area contributed by atoms with Crippen LogP contribution in [0.1, 0.15) is 12.0 Å². The number of nitrogens with zero attached hydrogens (tertiary/aromatic N) is 2. The highest BCUT2D eigenvalue weighted by molar-refractivity contribution is 8.26. The van der Waals surface area contributed by atoms with Gasteiger partial charge in [-0.05, 0) is 41.5 Å². The zero-order chi connectivity index (χ0) is 24.8. The molecule has 2 aromatic rings. The van der Waals surface area contributed by atoms with Gasteiger partial charge in [-0.1, -0.05) is 42.2 Å². The largest absolute Gasteiger partial charge is 0.492 e. The molecule has 10 heteroatoms. The van der Waals surface area contributed by atoms with Gasteiger partial charge in [0.25, 0.3) is 5.91 Å². The molecule has 1 N–H and O–H groups in total. The highest BCUT2D eigenvalue weighted by atomic mass is 32.2. The summed E-state index contributed by atoms with van der Waals surface area (Å²) < 4.78 is 25.2. The van der Waals surface area contributed by atoms with E-state index >= 15 is 0 Å². The standard InChI is InChI=1S/C25H25FN2O5S2/c26-20-4-1-17(2-5-20)18-3-6-21(33-14-11-27-9-12-32-13-10-27)19(15-18)16-22-24(31)28(25(34)35-22)8-7-23(29)30/h1-6,15-16H,7-14H2,(H,29,30). The molecule has 184 valence electrons. The van der Waals surface area contributed by atoms with Crippen molar-refractivity contribution in [2.75, 3.05) is 46.0 Å². The number of aliphatic carboxylic acids is 1. The smallest absolute Gasteiger partial charge is 0.305 e. The number of ether oxygens (including phenoxy) is 2. The van der Waals surface area contributed by atoms with Crippen LogP contribution in [-0.4, -0.2) is 77.1 Å². The van der Waals surface area contributed by atoms with Crippen molar-refractivity contribution >= 4 is 46.3 Å². The van der Waals surface area contributed by atoms with E-state index in [-0.39, 0.29) is 24.7 Å². The SMILES string of the molecule is O=C(O)CCN1C(=O)C(=Cc2cc(-c3ccc(F)cc3)ccc2OCCN2CCOCC2)SC1=S. The summed E-state index contributed by atoms with van der Waals surface area (Å²) in [5.74, 6) is -1.03. The van der Waals surface area contributed by atoms with E-state index in [9.17, 15) is 14.0 Å². The van der Waals surface area contributed by atoms with Crippen molar-refractivity contribution in [3.05, 3.63) is 58.8 Å². The lowest BCUT2D eigenvalue weighted by Gasteiger charge is -2.26. The van der Waals surface area contributed by atoms with Crippen molar-refractivity contribution in [1.29, 1.82) is 0 Å². The van der Waals surface area contributed by atoms with Gasteiger partial charge in [-0.25, -0.2) is 4.39 Å². The van der Waals surface area contributed by atoms with Crippen LogP contribution in [0.15, 0.2) is 47.4 Å². The van der Waals surface area contributed by atoms with E-state index in [0.29, 0.717) is 40.4 Å². The zero-order valence-electron chi connectivity index (χ0n) is 18.9. The van der Waals surface area contributed by atoms with Gasteiger partial charge in [-0.3, -0.25) is 19.4 Å². The van der Waals surface area contributed by atoms with Crippen molar-refractivity contribution in [2.45, 2.75) is 6.42 Å². The second kappa shape index (κ2) is 11.8. The molecule has 35 heavy (non-hydrogen) atoms. The number of halogens is 1. The first kappa shape index (κ1) is 25.3. The first-order chi connectivity index (χ1) is 16.9. The van der Waals surface area contributed by atoms with Crippen LogP contribution in [0.4, 0.5) is 4.39 Å². The van der Waals surface area contributed by atoms with Crippen LogP contribution in [0.2, 0.25) is 0 Å². The van der Waals surface area contributed by atoms with Crippen LogP contribution in [0.25, 0.3) is 17.2 Å². The van der Waals surface area contributed by atoms with E-state index in [4.69, 9.17) is 26.8 Å². The minimum Gasteiger partial charge on any atom is -0.492 e. The summed E-state index contributed by atoms with van der Waals surface area (Å²) in [4.78, 5) is 27.8. The first-order valence-electron chi connectivity index (χ1n) is 11.2. The van der Waals surface area contributed by atoms with Crippen LogP contribution in [0.3, 0.4) is 0 Å². The summed E-state index contributed by atoms with van der Waals surface area (Å²) in [5.41, 5.74) is 2.36. The first-order valence-corrected chi connectivity index (χ1v) is 12.4. The lowest BCUT2D eigenvalue weighted by atomic mass is 10.0. The molecule has 0 spiro atoms. The molecule has 0 saturated carbocycles. The van der Waals surface area contributed by atoms with Crippen LogP contribution >= 0.6 is 24.0 Å². The fourth-order valence-corrected chi connectivity index (χ4v) is 5.06. The molecule has 0 aliphatic carbocycles. The maximum absolute atomic E-state index is 13.4. The number of amides is 1. The fraction of sp³-hybridized carbons (Fsp3) is 0.320. The average molecular weight is 517 g/mol. The number of carboxylic acid groups (broad SMARTS) is 1. The number of morpholine rings is 1. The summed E-state index contributed by atoms with van der Waals surface area (Å²) >= 11 is 6.44. The molecule has 2 saturated heterocycles. The Bertz CT molecular complexity index is 1130. The van der Waals surface area contributed by atoms with Gasteiger partial charge >= 0.3 is 5.97 Å². The molecule has 2 aliphatic rings. The van der Waals surface area contributed by atoms with Crippen LogP contribution in [-0.2, 0) is 14.3 Å². The number of hydrogen-bond donors (Lipinski definition) is 1. The molecule has 0 atom stereocenters. The second-order valence-corrected chi connectivity index (χ2v) is 9.71. The molecule has 2 fully saturated rings. The summed E-state index contributed by atoms with van der Waals surface area (Å²) in [5, 5.41) is 8.96. The summed E-state index contributed by atoms with van der Waals surface area (Å²) in [6, 6.07) is 11.8. The van der Waals surface area contributed by atoms with E-state index in [0.717, 1.165) is 42.5 Å². The molecule has 2 aromatic carbocycles. The summed E-state index contributed by atoms with van der Waals surface area (Å²) in [7, 11) is 0. The van der Waals surface area contributed by atoms with Crippen molar-refractivity contribution in [1.82, 2.24) is 9.80 Å². The quantitative estimate of drug-likeness (QED) is 0.398. The van der Waals surface area contributed by atoms with Gasteiger partial charge in [-0.2, -0.15) is 0 Å². The van der Waals surface area contributed by atoms with Gasteiger partial charge in [0.15, 0.2) is 0 Å². The Labute approximate surface area is 212 Å². The summed E-state index contributed by atoms with van der Waals surface area (Å²) in [6.07, 6.45) is 1.53. The normalized spacial score (nSPS) is 17.9. The van der Waals surface area contributed by atoms with Gasteiger partial charge in [0, 0.05) is 31.7 Å². The number of rotatable bonds is 9. The molecule has 0 aromatic heterocycles. The van der Waals surface area contributed by atoms with Crippen LogP contribution < -0.4 is 4.74 Å². The van der Waals surface area contributed by atoms with Crippen molar-refractivity contribution in [3.63, 3.8) is 0 Å². The van der Waals surface area contributed by atoms with Gasteiger partial charge in [0.05, 0.1) is 24.5 Å². The van der Waals surface area contributed by atoms with E-state index in [1.165, 1.54) is 17.0 Å². The van der Waals surface area contributed by atoms with E-state index in [1.807, 2.05) is 18.2 Å². The lowest BCUT2D eigenvalue weighted by molar-refractivity contribution is -0.137. The number of benzene rings is 2. The van der Waals surface area contributed by atoms with E-state index in [2.05, 4.69) is 4.90 Å². The van der Waals surface area contributed by atoms with Gasteiger partial charge in [0.1, 0.15) is 22.5 Å². The zero-order valence-corrected chi connectivity index (χ0v) is 20.6. The number of thiocarbonyl (C=S) groups is 1. The Morgan fingerprint density at radius 2 is 1.86 bits per heavy atom. The molecule has 1 amide bonds. The average Bonchev–Trinajstić information content (AvgIpc) is 3.11. The second-order valence-electron chi connectivity index (χ2n) is 8.04. The molecule has 0 bridgehead atoms. The molecule has 4 rings (SSSR count). The van der Waals surface area contributed by atoms with Gasteiger partial charge < -0.3 is 14.6 Å². The molecular weight excluding hydrogens is 491 g/mol. The number of carbonyl (C=O) groups excluding carboxylic acids is 1. The number of carbonyl (C=O) groups is 2. The highest BCUT2D eigenvalue weighted by Crippen LogP contribution is 2.36. The predicted octanol–water partition coefficient (Wildman–Crippen LogP) is 3.88.